The predicted octanol–water partition coefficient (Wildman–Crippen LogP) is 2.78. The molecule has 0 aliphatic carbocycles. The fourth-order valence-electron chi connectivity index (χ4n) is 4.46. The van der Waals surface area contributed by atoms with E-state index in [1.807, 2.05) is 13.0 Å². The summed E-state index contributed by atoms with van der Waals surface area (Å²) in [5, 5.41) is 44.9. The summed E-state index contributed by atoms with van der Waals surface area (Å²) in [5.74, 6) is -4.14. The minimum atomic E-state index is -2.74. The minimum Gasteiger partial charge on any atom is -0.496 e. The topological polar surface area (TPSA) is 174 Å². The first-order valence-electron chi connectivity index (χ1n) is 13.0. The number of methoxy groups -OCH3 is 1. The van der Waals surface area contributed by atoms with E-state index in [0.717, 1.165) is 49.4 Å². The Labute approximate surface area is 233 Å². The number of aliphatic carboxylic acids is 3. The maximum atomic E-state index is 11.1. The van der Waals surface area contributed by atoms with Crippen LogP contribution in [-0.2, 0) is 37.9 Å². The SMILES string of the molecule is CCOCc1cc(CN2CCC(O)(c3ccc(C)cc3)CC2)ccc1OC.O=C(O)CC(O)(CC(=O)O)C(=O)O. The molecule has 1 aliphatic heterocycles. The van der Waals surface area contributed by atoms with E-state index >= 15 is 0 Å². The smallest absolute Gasteiger partial charge is 0.336 e. The summed E-state index contributed by atoms with van der Waals surface area (Å²) in [4.78, 5) is 32.9. The van der Waals surface area contributed by atoms with Gasteiger partial charge in [-0.05, 0) is 49.9 Å². The van der Waals surface area contributed by atoms with Crippen LogP contribution in [0.1, 0.15) is 54.9 Å². The molecule has 5 N–H and O–H groups in total. The number of carboxylic acid groups (broad SMARTS) is 3. The lowest BCUT2D eigenvalue weighted by Crippen LogP contribution is -2.42. The summed E-state index contributed by atoms with van der Waals surface area (Å²) in [6.07, 6.45) is -0.765. The van der Waals surface area contributed by atoms with Crippen LogP contribution in [0.2, 0.25) is 0 Å². The number of carboxylic acids is 3. The summed E-state index contributed by atoms with van der Waals surface area (Å²) < 4.78 is 11.0. The van der Waals surface area contributed by atoms with Gasteiger partial charge in [-0.1, -0.05) is 35.9 Å². The molecule has 2 aromatic carbocycles. The van der Waals surface area contributed by atoms with Crippen molar-refractivity contribution in [3.05, 3.63) is 64.7 Å². The summed E-state index contributed by atoms with van der Waals surface area (Å²) >= 11 is 0. The van der Waals surface area contributed by atoms with Crippen molar-refractivity contribution < 1.29 is 49.4 Å². The number of aryl methyl sites for hydroxylation is 1. The molecule has 40 heavy (non-hydrogen) atoms. The van der Waals surface area contributed by atoms with Crippen LogP contribution >= 0.6 is 0 Å². The van der Waals surface area contributed by atoms with Crippen molar-refractivity contribution in [1.29, 1.82) is 0 Å². The van der Waals surface area contributed by atoms with E-state index in [1.165, 1.54) is 11.1 Å². The third-order valence-electron chi connectivity index (χ3n) is 6.77. The fourth-order valence-corrected chi connectivity index (χ4v) is 4.46. The Kier molecular flexibility index (Phi) is 12.1. The zero-order valence-electron chi connectivity index (χ0n) is 23.1. The molecule has 1 aliphatic rings. The molecule has 1 saturated heterocycles. The standard InChI is InChI=1S/C23H31NO3.C6H8O7/c1-4-27-17-20-15-19(7-10-22(20)26-3)16-24-13-11-23(25,12-14-24)21-8-5-18(2)6-9-21;7-3(8)1-6(13,5(11)12)2-4(9)10/h5-10,15,25H,4,11-14,16-17H2,1-3H3;13H,1-2H2,(H,7,8)(H,9,10)(H,11,12). The normalized spacial score (nSPS) is 15.0. The van der Waals surface area contributed by atoms with Gasteiger partial charge in [0.15, 0.2) is 5.60 Å². The van der Waals surface area contributed by atoms with Gasteiger partial charge in [0.2, 0.25) is 0 Å². The lowest BCUT2D eigenvalue weighted by molar-refractivity contribution is -0.170. The van der Waals surface area contributed by atoms with Gasteiger partial charge < -0.3 is 35.0 Å². The quantitative estimate of drug-likeness (QED) is 0.258. The maximum absolute atomic E-state index is 11.1. The zero-order valence-corrected chi connectivity index (χ0v) is 23.1. The Morgan fingerprint density at radius 3 is 2.02 bits per heavy atom. The minimum absolute atomic E-state index is 0.570. The largest absolute Gasteiger partial charge is 0.496 e. The number of aliphatic hydroxyl groups is 2. The molecule has 0 spiro atoms. The van der Waals surface area contributed by atoms with Gasteiger partial charge in [-0.3, -0.25) is 14.5 Å². The van der Waals surface area contributed by atoms with E-state index in [4.69, 9.17) is 29.9 Å². The van der Waals surface area contributed by atoms with Crippen LogP contribution in [0.5, 0.6) is 5.75 Å². The van der Waals surface area contributed by atoms with E-state index in [1.54, 1.807) is 7.11 Å². The first kappa shape index (κ1) is 32.7. The van der Waals surface area contributed by atoms with Crippen LogP contribution in [0.3, 0.4) is 0 Å². The number of rotatable bonds is 12. The molecule has 3 rings (SSSR count). The van der Waals surface area contributed by atoms with Crippen molar-refractivity contribution in [3.63, 3.8) is 0 Å². The second kappa shape index (κ2) is 14.8. The highest BCUT2D eigenvalue weighted by molar-refractivity contribution is 5.88. The first-order valence-corrected chi connectivity index (χ1v) is 13.0. The number of piperidine rings is 1. The average Bonchev–Trinajstić information content (AvgIpc) is 2.88. The van der Waals surface area contributed by atoms with Crippen molar-refractivity contribution in [1.82, 2.24) is 4.90 Å². The third-order valence-corrected chi connectivity index (χ3v) is 6.77. The molecule has 1 heterocycles. The van der Waals surface area contributed by atoms with Crippen LogP contribution in [0, 0.1) is 6.92 Å². The Morgan fingerprint density at radius 1 is 0.975 bits per heavy atom. The summed E-state index contributed by atoms with van der Waals surface area (Å²) in [6.45, 7) is 7.99. The van der Waals surface area contributed by atoms with Gasteiger partial charge in [-0.15, -0.1) is 0 Å². The van der Waals surface area contributed by atoms with Crippen molar-refractivity contribution >= 4 is 17.9 Å². The molecular formula is C29H39NO10. The Balaban J connectivity index is 0.000000366. The highest BCUT2D eigenvalue weighted by atomic mass is 16.5. The number of benzene rings is 2. The Morgan fingerprint density at radius 2 is 1.55 bits per heavy atom. The lowest BCUT2D eigenvalue weighted by atomic mass is 9.84. The summed E-state index contributed by atoms with van der Waals surface area (Å²) in [7, 11) is 1.70. The van der Waals surface area contributed by atoms with Gasteiger partial charge in [0.05, 0.1) is 32.2 Å². The molecule has 11 nitrogen and oxygen atoms in total. The van der Waals surface area contributed by atoms with Gasteiger partial charge in [-0.25, -0.2) is 4.79 Å². The molecule has 2 aromatic rings. The summed E-state index contributed by atoms with van der Waals surface area (Å²) in [6, 6.07) is 14.6. The monoisotopic (exact) mass is 561 g/mol. The van der Waals surface area contributed by atoms with Crippen molar-refractivity contribution in [2.75, 3.05) is 26.8 Å². The van der Waals surface area contributed by atoms with E-state index in [2.05, 4.69) is 48.2 Å². The van der Waals surface area contributed by atoms with Gasteiger partial charge >= 0.3 is 17.9 Å². The molecule has 0 amide bonds. The van der Waals surface area contributed by atoms with Crippen molar-refractivity contribution in [3.8, 4) is 5.75 Å². The fraction of sp³-hybridized carbons (Fsp3) is 0.483. The second-order valence-corrected chi connectivity index (χ2v) is 9.93. The number of nitrogens with zero attached hydrogens (tertiary/aromatic N) is 1. The summed E-state index contributed by atoms with van der Waals surface area (Å²) in [5.41, 5.74) is 1.16. The molecule has 0 unspecified atom stereocenters. The molecule has 0 saturated carbocycles. The van der Waals surface area contributed by atoms with Crippen LogP contribution in [-0.4, -0.2) is 80.7 Å². The lowest BCUT2D eigenvalue weighted by Gasteiger charge is -2.38. The van der Waals surface area contributed by atoms with Gasteiger partial charge in [0.1, 0.15) is 5.75 Å². The zero-order chi connectivity index (χ0) is 29.9. The van der Waals surface area contributed by atoms with Gasteiger partial charge in [0.25, 0.3) is 0 Å². The van der Waals surface area contributed by atoms with Crippen LogP contribution in [0.15, 0.2) is 42.5 Å². The molecule has 0 atom stereocenters. The van der Waals surface area contributed by atoms with Crippen LogP contribution < -0.4 is 4.74 Å². The molecule has 220 valence electrons. The van der Waals surface area contributed by atoms with E-state index < -0.39 is 42.0 Å². The van der Waals surface area contributed by atoms with Gasteiger partial charge in [-0.2, -0.15) is 0 Å². The Bertz CT molecular complexity index is 1120. The number of ether oxygens (including phenoxy) is 2. The molecule has 11 heteroatoms. The second-order valence-electron chi connectivity index (χ2n) is 9.93. The maximum Gasteiger partial charge on any atom is 0.336 e. The molecular weight excluding hydrogens is 522 g/mol. The van der Waals surface area contributed by atoms with Gasteiger partial charge in [0, 0.05) is 31.8 Å². The molecule has 0 radical (unpaired) electrons. The number of hydrogen-bond donors (Lipinski definition) is 5. The molecule has 0 bridgehead atoms. The molecule has 1 fully saturated rings. The van der Waals surface area contributed by atoms with Crippen LogP contribution in [0.4, 0.5) is 0 Å². The predicted molar refractivity (Wildman–Crippen MR) is 145 cm³/mol. The number of hydrogen-bond acceptors (Lipinski definition) is 8. The van der Waals surface area contributed by atoms with E-state index in [9.17, 15) is 19.5 Å². The van der Waals surface area contributed by atoms with Crippen molar-refractivity contribution in [2.24, 2.45) is 0 Å². The highest BCUT2D eigenvalue weighted by Gasteiger charge is 2.40. The highest BCUT2D eigenvalue weighted by Crippen LogP contribution is 2.33. The van der Waals surface area contributed by atoms with Crippen LogP contribution in [0.25, 0.3) is 0 Å². The number of carbonyl (C=O) groups is 3. The number of likely N-dealkylation sites (tertiary alicyclic amines) is 1. The first-order chi connectivity index (χ1) is 18.8. The Hall–Kier alpha value is -3.51. The van der Waals surface area contributed by atoms with E-state index in [0.29, 0.717) is 13.2 Å². The molecule has 0 aromatic heterocycles. The third kappa shape index (κ3) is 9.60. The van der Waals surface area contributed by atoms with E-state index in [-0.39, 0.29) is 0 Å². The average molecular weight is 562 g/mol. The van der Waals surface area contributed by atoms with Crippen molar-refractivity contribution in [2.45, 2.75) is 63.9 Å².